The quantitative estimate of drug-likeness (QED) is 0.566. The van der Waals surface area contributed by atoms with Gasteiger partial charge in [0.05, 0.1) is 23.2 Å². The molecule has 0 heterocycles. The molecule has 1 aromatic rings. The number of nitriles is 1. The zero-order chi connectivity index (χ0) is 11.4. The summed E-state index contributed by atoms with van der Waals surface area (Å²) in [6, 6.07) is 5.73. The molecule has 1 aromatic carbocycles. The fraction of sp³-hybridized carbons (Fsp3) is 0.300. The fourth-order valence-corrected chi connectivity index (χ4v) is 1.26. The van der Waals surface area contributed by atoms with Gasteiger partial charge in [0.25, 0.3) is 5.69 Å². The number of alkyl halides is 1. The normalized spacial score (nSPS) is 11.8. The van der Waals surface area contributed by atoms with Gasteiger partial charge in [0.2, 0.25) is 0 Å². The van der Waals surface area contributed by atoms with Gasteiger partial charge in [-0.05, 0) is 11.6 Å². The molecule has 0 fully saturated rings. The van der Waals surface area contributed by atoms with Crippen LogP contribution in [0.25, 0.3) is 0 Å². The first-order valence-corrected chi connectivity index (χ1v) is 4.34. The number of hydrogen-bond donors (Lipinski definition) is 0. The van der Waals surface area contributed by atoms with Gasteiger partial charge in [0, 0.05) is 18.1 Å². The van der Waals surface area contributed by atoms with E-state index in [0.29, 0.717) is 5.56 Å². The largest absolute Gasteiger partial charge is 0.269 e. The molecule has 1 rings (SSSR count). The zero-order valence-corrected chi connectivity index (χ0v) is 8.11. The molecular weight excluding hydrogens is 199 g/mol. The molecule has 0 spiro atoms. The Kier molecular flexibility index (Phi) is 3.34. The number of hydrogen-bond acceptors (Lipinski definition) is 3. The van der Waals surface area contributed by atoms with Crippen molar-refractivity contribution >= 4 is 5.69 Å². The first-order chi connectivity index (χ1) is 7.10. The highest BCUT2D eigenvalue weighted by molar-refractivity contribution is 5.47. The van der Waals surface area contributed by atoms with E-state index in [9.17, 15) is 14.5 Å². The molecule has 0 aliphatic heterocycles. The Labute approximate surface area is 86.1 Å². The fourth-order valence-electron chi connectivity index (χ4n) is 1.26. The SMILES string of the molecule is CC(CF)c1cc([N+](=O)[O-])ccc1C#N. The molecule has 0 bridgehead atoms. The van der Waals surface area contributed by atoms with Crippen LogP contribution >= 0.6 is 0 Å². The highest BCUT2D eigenvalue weighted by Crippen LogP contribution is 2.24. The minimum absolute atomic E-state index is 0.121. The van der Waals surface area contributed by atoms with E-state index in [4.69, 9.17) is 5.26 Å². The lowest BCUT2D eigenvalue weighted by Gasteiger charge is -2.08. The topological polar surface area (TPSA) is 66.9 Å². The van der Waals surface area contributed by atoms with E-state index in [-0.39, 0.29) is 11.3 Å². The average Bonchev–Trinajstić information content (AvgIpc) is 2.27. The molecule has 4 nitrogen and oxygen atoms in total. The van der Waals surface area contributed by atoms with Gasteiger partial charge in [-0.1, -0.05) is 6.92 Å². The minimum atomic E-state index is -0.643. The maximum atomic E-state index is 12.4. The summed E-state index contributed by atoms with van der Waals surface area (Å²) in [7, 11) is 0. The van der Waals surface area contributed by atoms with Crippen molar-refractivity contribution in [1.82, 2.24) is 0 Å². The van der Waals surface area contributed by atoms with E-state index in [1.165, 1.54) is 18.2 Å². The molecule has 0 aliphatic rings. The summed E-state index contributed by atoms with van der Waals surface area (Å²) < 4.78 is 12.4. The van der Waals surface area contributed by atoms with Crippen molar-refractivity contribution in [2.24, 2.45) is 0 Å². The van der Waals surface area contributed by atoms with Crippen molar-refractivity contribution in [1.29, 1.82) is 5.26 Å². The van der Waals surface area contributed by atoms with E-state index >= 15 is 0 Å². The van der Waals surface area contributed by atoms with E-state index in [1.807, 2.05) is 6.07 Å². The van der Waals surface area contributed by atoms with Gasteiger partial charge in [-0.15, -0.1) is 0 Å². The molecule has 78 valence electrons. The summed E-state index contributed by atoms with van der Waals surface area (Å²) >= 11 is 0. The molecule has 5 heteroatoms. The van der Waals surface area contributed by atoms with E-state index in [1.54, 1.807) is 6.92 Å². The van der Waals surface area contributed by atoms with Crippen LogP contribution in [0.5, 0.6) is 0 Å². The average molecular weight is 208 g/mol. The summed E-state index contributed by atoms with van der Waals surface area (Å²) in [6.07, 6.45) is 0. The number of non-ortho nitro benzene ring substituents is 1. The van der Waals surface area contributed by atoms with Crippen LogP contribution in [0.1, 0.15) is 24.0 Å². The van der Waals surface area contributed by atoms with Crippen LogP contribution in [0.4, 0.5) is 10.1 Å². The van der Waals surface area contributed by atoms with Crippen LogP contribution in [0.3, 0.4) is 0 Å². The van der Waals surface area contributed by atoms with Crippen molar-refractivity contribution < 1.29 is 9.31 Å². The van der Waals surface area contributed by atoms with Gasteiger partial charge < -0.3 is 0 Å². The van der Waals surface area contributed by atoms with Crippen molar-refractivity contribution in [2.45, 2.75) is 12.8 Å². The summed E-state index contributed by atoms with van der Waals surface area (Å²) in [5.74, 6) is -0.500. The van der Waals surface area contributed by atoms with Gasteiger partial charge >= 0.3 is 0 Å². The second kappa shape index (κ2) is 4.51. The van der Waals surface area contributed by atoms with Crippen LogP contribution in [0.2, 0.25) is 0 Å². The molecular formula is C10H9FN2O2. The highest BCUT2D eigenvalue weighted by atomic mass is 19.1. The van der Waals surface area contributed by atoms with Crippen molar-refractivity contribution in [3.8, 4) is 6.07 Å². The Morgan fingerprint density at radius 2 is 2.33 bits per heavy atom. The second-order valence-electron chi connectivity index (χ2n) is 3.20. The molecule has 0 amide bonds. The van der Waals surface area contributed by atoms with Gasteiger partial charge in [-0.3, -0.25) is 14.5 Å². The first-order valence-electron chi connectivity index (χ1n) is 4.34. The van der Waals surface area contributed by atoms with Crippen LogP contribution in [0.15, 0.2) is 18.2 Å². The lowest BCUT2D eigenvalue weighted by atomic mass is 9.97. The Bertz CT molecular complexity index is 426. The number of nitrogens with zero attached hydrogens (tertiary/aromatic N) is 2. The zero-order valence-electron chi connectivity index (χ0n) is 8.11. The number of halogens is 1. The summed E-state index contributed by atoms with van der Waals surface area (Å²) in [5, 5.41) is 19.2. The smallest absolute Gasteiger partial charge is 0.258 e. The number of nitro benzene ring substituents is 1. The van der Waals surface area contributed by atoms with Crippen LogP contribution in [-0.4, -0.2) is 11.6 Å². The molecule has 0 saturated carbocycles. The Hall–Kier alpha value is -1.96. The van der Waals surface area contributed by atoms with Crippen molar-refractivity contribution in [3.05, 3.63) is 39.4 Å². The van der Waals surface area contributed by atoms with Gasteiger partial charge in [0.15, 0.2) is 0 Å². The Morgan fingerprint density at radius 3 is 2.80 bits per heavy atom. The molecule has 0 aromatic heterocycles. The lowest BCUT2D eigenvalue weighted by Crippen LogP contribution is -2.00. The summed E-state index contributed by atoms with van der Waals surface area (Å²) in [4.78, 5) is 9.93. The third-order valence-electron chi connectivity index (χ3n) is 2.13. The number of benzene rings is 1. The van der Waals surface area contributed by atoms with Crippen LogP contribution < -0.4 is 0 Å². The van der Waals surface area contributed by atoms with Gasteiger partial charge in [0.1, 0.15) is 0 Å². The molecule has 0 aliphatic carbocycles. The molecule has 1 atom stereocenters. The van der Waals surface area contributed by atoms with Crippen LogP contribution in [0, 0.1) is 21.4 Å². The maximum absolute atomic E-state index is 12.4. The standard InChI is InChI=1S/C10H9FN2O2/c1-7(5-11)10-4-9(13(14)15)3-2-8(10)6-12/h2-4,7H,5H2,1H3. The predicted molar refractivity (Wildman–Crippen MR) is 52.2 cm³/mol. The molecule has 0 N–H and O–H groups in total. The van der Waals surface area contributed by atoms with Gasteiger partial charge in [-0.2, -0.15) is 5.26 Å². The molecule has 15 heavy (non-hydrogen) atoms. The minimum Gasteiger partial charge on any atom is -0.258 e. The second-order valence-corrected chi connectivity index (χ2v) is 3.20. The third kappa shape index (κ3) is 2.29. The van der Waals surface area contributed by atoms with Gasteiger partial charge in [-0.25, -0.2) is 0 Å². The maximum Gasteiger partial charge on any atom is 0.269 e. The van der Waals surface area contributed by atoms with Crippen molar-refractivity contribution in [3.63, 3.8) is 0 Å². The number of rotatable bonds is 3. The number of nitro groups is 1. The Balaban J connectivity index is 3.26. The molecule has 0 radical (unpaired) electrons. The predicted octanol–water partition coefficient (Wildman–Crippen LogP) is 2.54. The van der Waals surface area contributed by atoms with E-state index in [2.05, 4.69) is 0 Å². The first kappa shape index (κ1) is 11.1. The third-order valence-corrected chi connectivity index (χ3v) is 2.13. The molecule has 1 unspecified atom stereocenters. The van der Waals surface area contributed by atoms with Crippen molar-refractivity contribution in [2.75, 3.05) is 6.67 Å². The lowest BCUT2D eigenvalue weighted by molar-refractivity contribution is -0.384. The van der Waals surface area contributed by atoms with E-state index < -0.39 is 17.5 Å². The Morgan fingerprint density at radius 1 is 1.67 bits per heavy atom. The molecule has 0 saturated heterocycles. The summed E-state index contributed by atoms with van der Waals surface area (Å²) in [6.45, 7) is 0.940. The summed E-state index contributed by atoms with van der Waals surface area (Å²) in [5.41, 5.74) is 0.546. The van der Waals surface area contributed by atoms with Crippen LogP contribution in [-0.2, 0) is 0 Å². The van der Waals surface area contributed by atoms with E-state index in [0.717, 1.165) is 0 Å². The monoisotopic (exact) mass is 208 g/mol. The highest BCUT2D eigenvalue weighted by Gasteiger charge is 2.15.